The molecule has 0 heterocycles. The third-order valence-electron chi connectivity index (χ3n) is 1.74. The Morgan fingerprint density at radius 1 is 1.17 bits per heavy atom. The average Bonchev–Trinajstić information content (AvgIpc) is 2.35. The standard InChI is InChI=1S/C6H12O6.C4H8O2/c7-1-3(9)5(11)6(12)4(10)2-8;1-3-6-4(2)5/h3,5-9,11-12H,1-2H2;3H2,1-2H3/t3-,5+,6+;/m1./s1. The van der Waals surface area contributed by atoms with Gasteiger partial charge in [-0.05, 0) is 6.92 Å². The second-order valence-electron chi connectivity index (χ2n) is 3.23. The van der Waals surface area contributed by atoms with Crippen LogP contribution in [-0.4, -0.2) is 75.4 Å². The number of Topliss-reactive ketones (excluding diaryl/α,β-unsaturated/α-hetero) is 1. The predicted molar refractivity (Wildman–Crippen MR) is 59.5 cm³/mol. The SMILES string of the molecule is CCOC(C)=O.O=C(CO)[C@H](O)[C@@H](O)[C@H](O)CO. The molecule has 3 atom stereocenters. The zero-order valence-corrected chi connectivity index (χ0v) is 10.3. The van der Waals surface area contributed by atoms with Crippen LogP contribution < -0.4 is 0 Å². The lowest BCUT2D eigenvalue weighted by Gasteiger charge is -2.19. The van der Waals surface area contributed by atoms with Gasteiger partial charge in [-0.2, -0.15) is 0 Å². The minimum Gasteiger partial charge on any atom is -0.466 e. The Morgan fingerprint density at radius 3 is 1.89 bits per heavy atom. The summed E-state index contributed by atoms with van der Waals surface area (Å²) in [6.45, 7) is 1.97. The molecular weight excluding hydrogens is 248 g/mol. The van der Waals surface area contributed by atoms with Crippen LogP contribution in [0.5, 0.6) is 0 Å². The maximum absolute atomic E-state index is 10.5. The Bertz CT molecular complexity index is 242. The first-order valence-electron chi connectivity index (χ1n) is 5.23. The van der Waals surface area contributed by atoms with E-state index < -0.39 is 37.3 Å². The molecule has 8 heteroatoms. The third-order valence-corrected chi connectivity index (χ3v) is 1.74. The van der Waals surface area contributed by atoms with Crippen LogP contribution in [0.25, 0.3) is 0 Å². The molecule has 0 aromatic carbocycles. The number of hydrogen-bond acceptors (Lipinski definition) is 8. The minimum absolute atomic E-state index is 0.211. The average molecular weight is 268 g/mol. The fraction of sp³-hybridized carbons (Fsp3) is 0.800. The Labute approximate surface area is 104 Å². The zero-order chi connectivity index (χ0) is 14.7. The predicted octanol–water partition coefficient (Wildman–Crippen LogP) is -2.81. The monoisotopic (exact) mass is 268 g/mol. The highest BCUT2D eigenvalue weighted by atomic mass is 16.5. The highest BCUT2D eigenvalue weighted by molar-refractivity contribution is 5.84. The highest BCUT2D eigenvalue weighted by Gasteiger charge is 2.28. The summed E-state index contributed by atoms with van der Waals surface area (Å²) in [6, 6.07) is 0. The van der Waals surface area contributed by atoms with Gasteiger partial charge in [0.05, 0.1) is 13.2 Å². The number of hydrogen-bond donors (Lipinski definition) is 5. The van der Waals surface area contributed by atoms with E-state index in [1.54, 1.807) is 6.92 Å². The van der Waals surface area contributed by atoms with Crippen molar-refractivity contribution in [3.05, 3.63) is 0 Å². The molecule has 18 heavy (non-hydrogen) atoms. The summed E-state index contributed by atoms with van der Waals surface area (Å²) in [5.41, 5.74) is 0. The zero-order valence-electron chi connectivity index (χ0n) is 10.3. The van der Waals surface area contributed by atoms with Crippen LogP contribution in [-0.2, 0) is 14.3 Å². The van der Waals surface area contributed by atoms with Crippen molar-refractivity contribution in [1.29, 1.82) is 0 Å². The van der Waals surface area contributed by atoms with Crippen molar-refractivity contribution >= 4 is 11.8 Å². The molecule has 0 aromatic rings. The molecule has 0 aliphatic rings. The Balaban J connectivity index is 0. The highest BCUT2D eigenvalue weighted by Crippen LogP contribution is 2.00. The van der Waals surface area contributed by atoms with E-state index in [1.165, 1.54) is 6.92 Å². The largest absolute Gasteiger partial charge is 0.466 e. The Hall–Kier alpha value is -1.06. The number of aliphatic hydroxyl groups is 5. The molecule has 0 saturated carbocycles. The molecule has 0 fully saturated rings. The summed E-state index contributed by atoms with van der Waals surface area (Å²) < 4.78 is 4.40. The lowest BCUT2D eigenvalue weighted by Crippen LogP contribution is -2.44. The van der Waals surface area contributed by atoms with Gasteiger partial charge < -0.3 is 30.3 Å². The van der Waals surface area contributed by atoms with E-state index in [2.05, 4.69) is 4.74 Å². The third kappa shape index (κ3) is 9.02. The van der Waals surface area contributed by atoms with Crippen molar-refractivity contribution in [2.45, 2.75) is 32.2 Å². The fourth-order valence-corrected chi connectivity index (χ4v) is 0.806. The fourth-order valence-electron chi connectivity index (χ4n) is 0.806. The number of esters is 1. The van der Waals surface area contributed by atoms with Gasteiger partial charge in [-0.25, -0.2) is 0 Å². The molecular formula is C10H20O8. The Morgan fingerprint density at radius 2 is 1.67 bits per heavy atom. The van der Waals surface area contributed by atoms with E-state index >= 15 is 0 Å². The van der Waals surface area contributed by atoms with Gasteiger partial charge >= 0.3 is 5.97 Å². The summed E-state index contributed by atoms with van der Waals surface area (Å²) in [5.74, 6) is -1.22. The molecule has 0 amide bonds. The van der Waals surface area contributed by atoms with Gasteiger partial charge in [0.15, 0.2) is 5.78 Å². The molecule has 5 N–H and O–H groups in total. The number of ether oxygens (including phenoxy) is 1. The van der Waals surface area contributed by atoms with Gasteiger partial charge in [0, 0.05) is 6.92 Å². The second kappa shape index (κ2) is 11.1. The first-order valence-corrected chi connectivity index (χ1v) is 5.23. The van der Waals surface area contributed by atoms with Gasteiger partial charge in [-0.15, -0.1) is 0 Å². The summed E-state index contributed by atoms with van der Waals surface area (Å²) in [4.78, 5) is 20.3. The molecule has 0 aliphatic heterocycles. The summed E-state index contributed by atoms with van der Waals surface area (Å²) in [6.07, 6.45) is -5.22. The topological polar surface area (TPSA) is 145 Å². The van der Waals surface area contributed by atoms with Crippen molar-refractivity contribution in [1.82, 2.24) is 0 Å². The maximum Gasteiger partial charge on any atom is 0.302 e. The van der Waals surface area contributed by atoms with Gasteiger partial charge in [0.1, 0.15) is 24.9 Å². The molecule has 0 aromatic heterocycles. The first kappa shape index (κ1) is 19.3. The van der Waals surface area contributed by atoms with Crippen LogP contribution in [0, 0.1) is 0 Å². The van der Waals surface area contributed by atoms with Crippen LogP contribution in [0.2, 0.25) is 0 Å². The van der Waals surface area contributed by atoms with Crippen LogP contribution in [0.4, 0.5) is 0 Å². The van der Waals surface area contributed by atoms with Crippen molar-refractivity contribution in [3.8, 4) is 0 Å². The van der Waals surface area contributed by atoms with E-state index in [1.807, 2.05) is 0 Å². The van der Waals surface area contributed by atoms with Crippen LogP contribution in [0.1, 0.15) is 13.8 Å². The van der Waals surface area contributed by atoms with Crippen LogP contribution >= 0.6 is 0 Å². The second-order valence-corrected chi connectivity index (χ2v) is 3.23. The molecule has 0 bridgehead atoms. The molecule has 0 aliphatic carbocycles. The molecule has 0 spiro atoms. The van der Waals surface area contributed by atoms with Crippen molar-refractivity contribution in [3.63, 3.8) is 0 Å². The number of carbonyl (C=O) groups is 2. The van der Waals surface area contributed by atoms with Gasteiger partial charge in [-0.3, -0.25) is 9.59 Å². The van der Waals surface area contributed by atoms with Crippen LogP contribution in [0.3, 0.4) is 0 Å². The van der Waals surface area contributed by atoms with E-state index in [-0.39, 0.29) is 5.97 Å². The lowest BCUT2D eigenvalue weighted by molar-refractivity contribution is -0.143. The number of carbonyl (C=O) groups excluding carboxylic acids is 2. The number of rotatable bonds is 6. The summed E-state index contributed by atoms with van der Waals surface area (Å²) in [7, 11) is 0. The minimum atomic E-state index is -1.86. The number of ketones is 1. The summed E-state index contributed by atoms with van der Waals surface area (Å²) in [5, 5.41) is 43.1. The van der Waals surface area contributed by atoms with E-state index in [9.17, 15) is 9.59 Å². The van der Waals surface area contributed by atoms with Crippen LogP contribution in [0.15, 0.2) is 0 Å². The molecule has 8 nitrogen and oxygen atoms in total. The smallest absolute Gasteiger partial charge is 0.302 e. The molecule has 108 valence electrons. The molecule has 0 unspecified atom stereocenters. The van der Waals surface area contributed by atoms with Crippen molar-refractivity contribution in [2.24, 2.45) is 0 Å². The molecule has 0 saturated heterocycles. The van der Waals surface area contributed by atoms with E-state index in [4.69, 9.17) is 25.5 Å². The lowest BCUT2D eigenvalue weighted by atomic mass is 10.1. The molecule has 0 rings (SSSR count). The first-order chi connectivity index (χ1) is 8.31. The van der Waals surface area contributed by atoms with Crippen molar-refractivity contribution < 1.29 is 39.9 Å². The summed E-state index contributed by atoms with van der Waals surface area (Å²) >= 11 is 0. The van der Waals surface area contributed by atoms with E-state index in [0.717, 1.165) is 0 Å². The van der Waals surface area contributed by atoms with Crippen molar-refractivity contribution in [2.75, 3.05) is 19.8 Å². The maximum atomic E-state index is 10.5. The van der Waals surface area contributed by atoms with Gasteiger partial charge in [0.2, 0.25) is 0 Å². The normalized spacial score (nSPS) is 14.8. The number of aliphatic hydroxyl groups excluding tert-OH is 5. The molecule has 0 radical (unpaired) electrons. The van der Waals surface area contributed by atoms with Gasteiger partial charge in [-0.1, -0.05) is 0 Å². The quantitative estimate of drug-likeness (QED) is 0.325. The van der Waals surface area contributed by atoms with E-state index in [0.29, 0.717) is 6.61 Å². The van der Waals surface area contributed by atoms with Gasteiger partial charge in [0.25, 0.3) is 0 Å². The Kier molecular flexibility index (Phi) is 11.8.